The largest absolute Gasteiger partial charge is 0.423 e. The number of guanidine groups is 1. The molecular weight excluding hydrogens is 433 g/mol. The first kappa shape index (κ1) is 24.7. The molecule has 0 unspecified atom stereocenters. The number of carbonyl (C=O) groups is 2. The number of rotatable bonds is 8. The van der Waals surface area contributed by atoms with Gasteiger partial charge in [0.1, 0.15) is 11.6 Å². The highest BCUT2D eigenvalue weighted by molar-refractivity contribution is 5.99. The van der Waals surface area contributed by atoms with Crippen molar-refractivity contribution in [3.05, 3.63) is 40.2 Å². The van der Waals surface area contributed by atoms with E-state index in [1.54, 1.807) is 0 Å². The monoisotopic (exact) mass is 456 g/mol. The van der Waals surface area contributed by atoms with Crippen LogP contribution in [0, 0.1) is 0 Å². The lowest BCUT2D eigenvalue weighted by molar-refractivity contribution is -0.136. The van der Waals surface area contributed by atoms with Crippen LogP contribution in [0.3, 0.4) is 0 Å². The van der Waals surface area contributed by atoms with E-state index in [4.69, 9.17) is 21.6 Å². The molecule has 10 nitrogen and oxygen atoms in total. The van der Waals surface area contributed by atoms with Crippen LogP contribution in [-0.2, 0) is 15.8 Å². The zero-order chi connectivity index (χ0) is 24.1. The molecule has 0 fully saturated rings. The van der Waals surface area contributed by atoms with Crippen molar-refractivity contribution >= 4 is 34.4 Å². The van der Waals surface area contributed by atoms with E-state index in [-0.39, 0.29) is 35.6 Å². The molecule has 2 atom stereocenters. The van der Waals surface area contributed by atoms with E-state index in [0.29, 0.717) is 12.5 Å². The van der Waals surface area contributed by atoms with Gasteiger partial charge in [-0.15, -0.1) is 0 Å². The predicted octanol–water partition coefficient (Wildman–Crippen LogP) is 0.636. The van der Waals surface area contributed by atoms with E-state index >= 15 is 0 Å². The van der Waals surface area contributed by atoms with Gasteiger partial charge in [0.05, 0.1) is 11.6 Å². The van der Waals surface area contributed by atoms with Crippen molar-refractivity contribution in [2.24, 2.45) is 22.2 Å². The quantitative estimate of drug-likeness (QED) is 0.167. The second kappa shape index (κ2) is 10.1. The maximum atomic E-state index is 13.2. The molecule has 0 bridgehead atoms. The second-order valence-corrected chi connectivity index (χ2v) is 6.98. The Morgan fingerprint density at radius 1 is 1.19 bits per heavy atom. The van der Waals surface area contributed by atoms with Gasteiger partial charge in [-0.3, -0.25) is 14.6 Å². The Morgan fingerprint density at radius 3 is 2.47 bits per heavy atom. The van der Waals surface area contributed by atoms with Crippen molar-refractivity contribution in [1.29, 1.82) is 0 Å². The molecule has 2 rings (SSSR count). The normalized spacial score (nSPS) is 13.3. The number of hydrogen-bond acceptors (Lipinski definition) is 6. The van der Waals surface area contributed by atoms with Crippen LogP contribution in [0.2, 0.25) is 0 Å². The Hall–Kier alpha value is -3.61. The third-order valence-electron chi connectivity index (χ3n) is 4.31. The average Bonchev–Trinajstić information content (AvgIpc) is 2.68. The Balaban J connectivity index is 2.26. The molecule has 13 heteroatoms. The van der Waals surface area contributed by atoms with Crippen LogP contribution in [0.15, 0.2) is 38.5 Å². The first-order valence-electron chi connectivity index (χ1n) is 9.46. The van der Waals surface area contributed by atoms with Crippen LogP contribution in [0.1, 0.15) is 25.3 Å². The predicted molar refractivity (Wildman–Crippen MR) is 112 cm³/mol. The molecule has 174 valence electrons. The number of halogens is 3. The maximum absolute atomic E-state index is 13.2. The van der Waals surface area contributed by atoms with E-state index in [1.807, 2.05) is 0 Å². The lowest BCUT2D eigenvalue weighted by atomic mass is 10.1. The lowest BCUT2D eigenvalue weighted by Gasteiger charge is -2.19. The molecule has 2 amide bonds. The SMILES string of the molecule is C[C@H](N)C(=O)N[C@@H](CCCN=C(N)N)C(=O)Nc1ccc2c(C(F)(F)F)cc(=O)oc2c1. The van der Waals surface area contributed by atoms with Crippen molar-refractivity contribution in [1.82, 2.24) is 5.32 Å². The fraction of sp³-hybridized carbons (Fsp3) is 0.368. The summed E-state index contributed by atoms with van der Waals surface area (Å²) in [6.07, 6.45) is -4.26. The molecule has 0 aliphatic rings. The van der Waals surface area contributed by atoms with Gasteiger partial charge in [0.15, 0.2) is 5.96 Å². The highest BCUT2D eigenvalue weighted by atomic mass is 19.4. The molecule has 0 spiro atoms. The minimum atomic E-state index is -4.76. The zero-order valence-electron chi connectivity index (χ0n) is 17.0. The molecule has 32 heavy (non-hydrogen) atoms. The molecule has 0 saturated heterocycles. The van der Waals surface area contributed by atoms with E-state index < -0.39 is 41.3 Å². The topological polar surface area (TPSA) is 179 Å². The standard InChI is InChI=1S/C19H23F3N6O4/c1-9(23)16(30)28-13(3-2-6-26-18(24)25)17(31)27-10-4-5-11-12(19(20,21)22)8-15(29)32-14(11)7-10/h4-5,7-9,13H,2-3,6,23H2,1H3,(H,27,31)(H,28,30)(H4,24,25,26)/t9-,13-/m0/s1. The highest BCUT2D eigenvalue weighted by Gasteiger charge is 2.34. The van der Waals surface area contributed by atoms with Crippen LogP contribution < -0.4 is 33.5 Å². The van der Waals surface area contributed by atoms with Crippen molar-refractivity contribution in [2.75, 3.05) is 11.9 Å². The van der Waals surface area contributed by atoms with Gasteiger partial charge in [-0.2, -0.15) is 13.2 Å². The van der Waals surface area contributed by atoms with Crippen LogP contribution in [0.25, 0.3) is 11.0 Å². The minimum Gasteiger partial charge on any atom is -0.423 e. The number of amides is 2. The first-order valence-corrected chi connectivity index (χ1v) is 9.46. The number of benzene rings is 1. The van der Waals surface area contributed by atoms with Crippen LogP contribution in [-0.4, -0.2) is 36.4 Å². The van der Waals surface area contributed by atoms with Crippen LogP contribution in [0.5, 0.6) is 0 Å². The van der Waals surface area contributed by atoms with Gasteiger partial charge in [0.2, 0.25) is 11.8 Å². The molecule has 1 aromatic heterocycles. The lowest BCUT2D eigenvalue weighted by Crippen LogP contribution is -2.49. The summed E-state index contributed by atoms with van der Waals surface area (Å²) in [7, 11) is 0. The zero-order valence-corrected chi connectivity index (χ0v) is 17.0. The third-order valence-corrected chi connectivity index (χ3v) is 4.31. The van der Waals surface area contributed by atoms with Gasteiger partial charge in [0.25, 0.3) is 0 Å². The molecule has 1 aromatic carbocycles. The summed E-state index contributed by atoms with van der Waals surface area (Å²) in [5, 5.41) is 4.63. The minimum absolute atomic E-state index is 0.0641. The number of fused-ring (bicyclic) bond motifs is 1. The summed E-state index contributed by atoms with van der Waals surface area (Å²) in [6, 6.07) is 1.85. The Bertz CT molecular complexity index is 1080. The molecule has 0 aliphatic carbocycles. The van der Waals surface area contributed by atoms with Crippen molar-refractivity contribution < 1.29 is 27.2 Å². The van der Waals surface area contributed by atoms with Gasteiger partial charge in [-0.1, -0.05) is 0 Å². The summed E-state index contributed by atoms with van der Waals surface area (Å²) in [5.41, 5.74) is 13.4. The average molecular weight is 456 g/mol. The summed E-state index contributed by atoms with van der Waals surface area (Å²) >= 11 is 0. The van der Waals surface area contributed by atoms with E-state index in [2.05, 4.69) is 15.6 Å². The molecular formula is C19H23F3N6O4. The van der Waals surface area contributed by atoms with E-state index in [9.17, 15) is 27.6 Å². The van der Waals surface area contributed by atoms with Crippen molar-refractivity contribution in [3.63, 3.8) is 0 Å². The summed E-state index contributed by atoms with van der Waals surface area (Å²) < 4.78 is 44.4. The van der Waals surface area contributed by atoms with Crippen molar-refractivity contribution in [2.45, 2.75) is 38.0 Å². The molecule has 1 heterocycles. The van der Waals surface area contributed by atoms with Crippen LogP contribution >= 0.6 is 0 Å². The van der Waals surface area contributed by atoms with Crippen molar-refractivity contribution in [3.8, 4) is 0 Å². The summed E-state index contributed by atoms with van der Waals surface area (Å²) in [4.78, 5) is 40.0. The number of nitrogens with zero attached hydrogens (tertiary/aromatic N) is 1. The summed E-state index contributed by atoms with van der Waals surface area (Å²) in [5.74, 6) is -1.36. The number of nitrogens with one attached hydrogen (secondary N) is 2. The fourth-order valence-electron chi connectivity index (χ4n) is 2.78. The third kappa shape index (κ3) is 6.70. The van der Waals surface area contributed by atoms with Gasteiger partial charge in [-0.25, -0.2) is 4.79 Å². The second-order valence-electron chi connectivity index (χ2n) is 6.98. The molecule has 2 aromatic rings. The Kier molecular flexibility index (Phi) is 7.81. The number of carbonyl (C=O) groups excluding carboxylic acids is 2. The highest BCUT2D eigenvalue weighted by Crippen LogP contribution is 2.34. The van der Waals surface area contributed by atoms with Gasteiger partial charge in [-0.05, 0) is 31.9 Å². The fourth-order valence-corrected chi connectivity index (χ4v) is 2.78. The van der Waals surface area contributed by atoms with Crippen LogP contribution in [0.4, 0.5) is 18.9 Å². The summed E-state index contributed by atoms with van der Waals surface area (Å²) in [6.45, 7) is 1.65. The van der Waals surface area contributed by atoms with Gasteiger partial charge in [0, 0.05) is 29.8 Å². The maximum Gasteiger partial charge on any atom is 0.417 e. The number of anilines is 1. The molecule has 0 aliphatic heterocycles. The number of alkyl halides is 3. The molecule has 8 N–H and O–H groups in total. The Morgan fingerprint density at radius 2 is 1.88 bits per heavy atom. The molecule has 0 radical (unpaired) electrons. The van der Waals surface area contributed by atoms with Gasteiger partial charge >= 0.3 is 11.8 Å². The number of nitrogens with two attached hydrogens (primary N) is 3. The molecule has 0 saturated carbocycles. The van der Waals surface area contributed by atoms with Gasteiger partial charge < -0.3 is 32.3 Å². The first-order chi connectivity index (χ1) is 14.9. The smallest absolute Gasteiger partial charge is 0.417 e. The Labute approximate surface area is 180 Å². The number of aliphatic imine (C=N–C) groups is 1. The van der Waals surface area contributed by atoms with E-state index in [0.717, 1.165) is 12.1 Å². The van der Waals surface area contributed by atoms with E-state index in [1.165, 1.54) is 13.0 Å². The number of hydrogen-bond donors (Lipinski definition) is 5.